The first-order chi connectivity index (χ1) is 36.8. The maximum absolute atomic E-state index is 17.0. The average molecular weight is 1040 g/mol. The van der Waals surface area contributed by atoms with Crippen LogP contribution in [0.15, 0.2) is 36.5 Å². The van der Waals surface area contributed by atoms with Crippen molar-refractivity contribution in [2.45, 2.75) is 102 Å². The molecule has 9 heterocycles. The lowest BCUT2D eigenvalue weighted by molar-refractivity contribution is -0.136. The van der Waals surface area contributed by atoms with E-state index in [1.165, 1.54) is 48.4 Å². The highest BCUT2D eigenvalue weighted by Crippen LogP contribution is 2.41. The number of carbonyl (C=O) groups excluding carboxylic acids is 3. The van der Waals surface area contributed by atoms with Crippen LogP contribution in [0.1, 0.15) is 97.7 Å². The summed E-state index contributed by atoms with van der Waals surface area (Å²) in [4.78, 5) is 62.6. The molecule has 0 aliphatic carbocycles. The average Bonchev–Trinajstić information content (AvgIpc) is 4.01. The standard InChI is InChI=1S/C58H65F3N10O5/c1-3-41-45(59)7-4-37-26-40(72)27-42(50(37)41)53-52(61)54-43(28-62-53)55(70-30-38-5-6-39(31-70)63-38)66-58(65-54)76-23-22-67-16-10-34(11-17-67)25-35-12-18-68(19-13-35)29-36-14-20-69(21-15-36)47-24-33(2)49-44(51(47)60)32-71(57(49)75)46-8-9-48(73)64-56(46)74/h1,4,7,24,26-28,34-36,38-39,46,63,72H,5-6,8-23,25,29-32H2,2H3,(H,64,73,74). The second kappa shape index (κ2) is 20.8. The highest BCUT2D eigenvalue weighted by Gasteiger charge is 2.42. The van der Waals surface area contributed by atoms with Gasteiger partial charge in [-0.1, -0.05) is 12.0 Å². The molecule has 2 bridgehead atoms. The Bertz CT molecular complexity index is 3150. The number of phenols is 1. The van der Waals surface area contributed by atoms with Gasteiger partial charge in [0.15, 0.2) is 11.6 Å². The van der Waals surface area contributed by atoms with Crippen LogP contribution in [-0.2, 0) is 16.1 Å². The second-order valence-electron chi connectivity index (χ2n) is 22.5. The summed E-state index contributed by atoms with van der Waals surface area (Å²) >= 11 is 0. The minimum atomic E-state index is -0.776. The Labute approximate surface area is 440 Å². The summed E-state index contributed by atoms with van der Waals surface area (Å²) in [6.45, 7) is 11.0. The molecule has 7 aliphatic heterocycles. The van der Waals surface area contributed by atoms with Crippen LogP contribution in [0.4, 0.5) is 24.7 Å². The fourth-order valence-corrected chi connectivity index (χ4v) is 13.7. The first-order valence-corrected chi connectivity index (χ1v) is 27.4. The molecule has 6 saturated heterocycles. The number of imide groups is 1. The molecule has 76 heavy (non-hydrogen) atoms. The van der Waals surface area contributed by atoms with E-state index in [2.05, 4.69) is 46.1 Å². The summed E-state index contributed by atoms with van der Waals surface area (Å²) in [5, 5.41) is 17.8. The molecular weight excluding hydrogens is 974 g/mol. The van der Waals surface area contributed by atoms with Crippen LogP contribution in [0, 0.1) is 54.5 Å². The fourth-order valence-electron chi connectivity index (χ4n) is 13.7. The number of piperidine rings is 4. The Morgan fingerprint density at radius 2 is 1.54 bits per heavy atom. The fraction of sp³-hybridized carbons (Fsp3) is 0.517. The van der Waals surface area contributed by atoms with Gasteiger partial charge in [0.05, 0.1) is 28.7 Å². The van der Waals surface area contributed by atoms with Crippen LogP contribution in [0.25, 0.3) is 32.9 Å². The Balaban J connectivity index is 0.622. The number of likely N-dealkylation sites (tertiary alicyclic amines) is 2. The molecule has 3 aromatic carbocycles. The minimum Gasteiger partial charge on any atom is -0.508 e. The predicted octanol–water partition coefficient (Wildman–Crippen LogP) is 7.07. The van der Waals surface area contributed by atoms with E-state index in [9.17, 15) is 19.5 Å². The quantitative estimate of drug-likeness (QED) is 0.0862. The number of ether oxygens (including phenoxy) is 1. The molecule has 7 aliphatic rings. The maximum atomic E-state index is 17.0. The number of aromatic hydroxyl groups is 1. The van der Waals surface area contributed by atoms with Crippen LogP contribution >= 0.6 is 0 Å². The molecular formula is C58H65F3N10O5. The number of rotatable bonds is 12. The topological polar surface area (TPSA) is 160 Å². The number of phenolic OH excluding ortho intramolecular Hbond substituents is 1. The summed E-state index contributed by atoms with van der Waals surface area (Å²) in [6.07, 6.45) is 17.7. The van der Waals surface area contributed by atoms with E-state index in [4.69, 9.17) is 16.1 Å². The van der Waals surface area contributed by atoms with Gasteiger partial charge in [-0.25, -0.2) is 13.2 Å². The zero-order chi connectivity index (χ0) is 52.4. The smallest absolute Gasteiger partial charge is 0.319 e. The van der Waals surface area contributed by atoms with E-state index in [-0.39, 0.29) is 76.5 Å². The number of pyridine rings is 1. The highest BCUT2D eigenvalue weighted by atomic mass is 19.1. The number of nitrogens with one attached hydrogen (secondary N) is 2. The summed E-state index contributed by atoms with van der Waals surface area (Å²) in [6, 6.07) is 7.24. The number of benzene rings is 3. The van der Waals surface area contributed by atoms with Crippen molar-refractivity contribution in [3.8, 4) is 35.4 Å². The first-order valence-electron chi connectivity index (χ1n) is 27.4. The molecule has 3 amide bonds. The van der Waals surface area contributed by atoms with Crippen LogP contribution in [-0.4, -0.2) is 143 Å². The third kappa shape index (κ3) is 9.68. The van der Waals surface area contributed by atoms with E-state index in [0.29, 0.717) is 89.1 Å². The normalized spacial score (nSPS) is 23.2. The van der Waals surface area contributed by atoms with Crippen LogP contribution in [0.3, 0.4) is 0 Å². The van der Waals surface area contributed by atoms with Crippen molar-refractivity contribution in [3.05, 3.63) is 76.2 Å². The van der Waals surface area contributed by atoms with Crippen molar-refractivity contribution < 1.29 is 37.4 Å². The number of terminal acetylenes is 1. The zero-order valence-electron chi connectivity index (χ0n) is 43.1. The molecule has 0 radical (unpaired) electrons. The number of aromatic nitrogens is 3. The van der Waals surface area contributed by atoms with Crippen molar-refractivity contribution in [2.24, 2.45) is 17.8 Å². The number of anilines is 2. The molecule has 18 heteroatoms. The summed E-state index contributed by atoms with van der Waals surface area (Å²) in [5.74, 6) is 1.84. The van der Waals surface area contributed by atoms with E-state index in [1.807, 2.05) is 6.92 Å². The second-order valence-corrected chi connectivity index (χ2v) is 22.5. The Hall–Kier alpha value is -6.55. The highest BCUT2D eigenvalue weighted by molar-refractivity contribution is 6.06. The number of nitrogens with zero attached hydrogens (tertiary/aromatic N) is 8. The van der Waals surface area contributed by atoms with Crippen molar-refractivity contribution in [1.82, 2.24) is 40.3 Å². The monoisotopic (exact) mass is 1040 g/mol. The number of carbonyl (C=O) groups is 3. The molecule has 6 fully saturated rings. The van der Waals surface area contributed by atoms with E-state index >= 15 is 13.2 Å². The Kier molecular flexibility index (Phi) is 13.7. The molecule has 12 rings (SSSR count). The van der Waals surface area contributed by atoms with Gasteiger partial charge in [0.1, 0.15) is 41.2 Å². The number of piperazine rings is 1. The molecule has 2 aromatic heterocycles. The van der Waals surface area contributed by atoms with Gasteiger partial charge in [0.2, 0.25) is 11.8 Å². The van der Waals surface area contributed by atoms with Gasteiger partial charge in [0.25, 0.3) is 5.91 Å². The SMILES string of the molecule is C#Cc1c(F)ccc2cc(O)cc(-c3ncc4c(N5CC6CCC(C5)N6)nc(OCCN5CCC(CC6CCN(CC7CCN(c8cc(C)c9c(c8F)CN(C8CCC(=O)NC8=O)C9=O)CC7)CC6)CC5)nc4c3F)c12. The van der Waals surface area contributed by atoms with Gasteiger partial charge in [-0.05, 0) is 150 Å². The van der Waals surface area contributed by atoms with Gasteiger partial charge < -0.3 is 34.8 Å². The summed E-state index contributed by atoms with van der Waals surface area (Å²) in [7, 11) is 0. The van der Waals surface area contributed by atoms with E-state index in [0.717, 1.165) is 90.3 Å². The van der Waals surface area contributed by atoms with Gasteiger partial charge in [-0.3, -0.25) is 29.6 Å². The third-order valence-corrected chi connectivity index (χ3v) is 17.7. The number of amides is 3. The number of aryl methyl sites for hydroxylation is 1. The van der Waals surface area contributed by atoms with Gasteiger partial charge in [-0.2, -0.15) is 9.97 Å². The van der Waals surface area contributed by atoms with Crippen molar-refractivity contribution in [3.63, 3.8) is 0 Å². The lowest BCUT2D eigenvalue weighted by atomic mass is 9.82. The zero-order valence-corrected chi connectivity index (χ0v) is 43.1. The van der Waals surface area contributed by atoms with E-state index in [1.54, 1.807) is 12.3 Å². The van der Waals surface area contributed by atoms with Gasteiger partial charge in [0, 0.05) is 80.5 Å². The Morgan fingerprint density at radius 1 is 0.829 bits per heavy atom. The summed E-state index contributed by atoms with van der Waals surface area (Å²) < 4.78 is 54.6. The molecule has 398 valence electrons. The van der Waals surface area contributed by atoms with Crippen LogP contribution < -0.4 is 25.2 Å². The lowest BCUT2D eigenvalue weighted by Crippen LogP contribution is -2.52. The summed E-state index contributed by atoms with van der Waals surface area (Å²) in [5.41, 5.74) is 1.98. The number of halogens is 3. The lowest BCUT2D eigenvalue weighted by Gasteiger charge is -2.39. The largest absolute Gasteiger partial charge is 0.508 e. The number of hydrogen-bond acceptors (Lipinski definition) is 13. The number of fused-ring (bicyclic) bond motifs is 5. The van der Waals surface area contributed by atoms with Crippen molar-refractivity contribution in [2.75, 3.05) is 81.9 Å². The molecule has 3 atom stereocenters. The van der Waals surface area contributed by atoms with Crippen LogP contribution in [0.2, 0.25) is 0 Å². The predicted molar refractivity (Wildman–Crippen MR) is 283 cm³/mol. The van der Waals surface area contributed by atoms with Crippen molar-refractivity contribution in [1.29, 1.82) is 0 Å². The van der Waals surface area contributed by atoms with Gasteiger partial charge >= 0.3 is 6.01 Å². The van der Waals surface area contributed by atoms with Crippen molar-refractivity contribution >= 4 is 50.9 Å². The number of hydrogen-bond donors (Lipinski definition) is 3. The third-order valence-electron chi connectivity index (χ3n) is 17.7. The molecule has 15 nitrogen and oxygen atoms in total. The molecule has 0 saturated carbocycles. The maximum Gasteiger partial charge on any atom is 0.319 e. The first kappa shape index (κ1) is 50.3. The minimum absolute atomic E-state index is 0.0309. The molecule has 3 N–H and O–H groups in total. The van der Waals surface area contributed by atoms with E-state index < -0.39 is 23.6 Å². The van der Waals surface area contributed by atoms with Crippen LogP contribution in [0.5, 0.6) is 11.8 Å². The molecule has 5 aromatic rings. The molecule has 3 unspecified atom stereocenters. The molecule has 0 spiro atoms. The Morgan fingerprint density at radius 3 is 2.25 bits per heavy atom. The van der Waals surface area contributed by atoms with Gasteiger partial charge in [-0.15, -0.1) is 6.42 Å².